The van der Waals surface area contributed by atoms with Crippen LogP contribution in [0.1, 0.15) is 28.8 Å². The molecule has 2 aromatic rings. The number of amides is 1. The van der Waals surface area contributed by atoms with Gasteiger partial charge in [-0.25, -0.2) is 4.79 Å². The molecule has 1 amide bonds. The number of benzene rings is 2. The van der Waals surface area contributed by atoms with Gasteiger partial charge in [0.15, 0.2) is 0 Å². The summed E-state index contributed by atoms with van der Waals surface area (Å²) in [5.74, 6) is -0.702. The van der Waals surface area contributed by atoms with Crippen LogP contribution >= 0.6 is 0 Å². The van der Waals surface area contributed by atoms with E-state index in [0.29, 0.717) is 38.2 Å². The fourth-order valence-corrected chi connectivity index (χ4v) is 3.50. The predicted octanol–water partition coefficient (Wildman–Crippen LogP) is 2.91. The molecule has 0 radical (unpaired) electrons. The van der Waals surface area contributed by atoms with Gasteiger partial charge in [0.2, 0.25) is 5.91 Å². The van der Waals surface area contributed by atoms with E-state index in [1.54, 1.807) is 6.07 Å². The number of piperidine rings is 1. The van der Waals surface area contributed by atoms with Crippen molar-refractivity contribution in [2.24, 2.45) is 5.92 Å². The molecule has 2 aromatic carbocycles. The minimum Gasteiger partial charge on any atom is -0.465 e. The number of hydrogen-bond donors (Lipinski definition) is 1. The van der Waals surface area contributed by atoms with E-state index in [1.165, 1.54) is 19.2 Å². The summed E-state index contributed by atoms with van der Waals surface area (Å²) in [6, 6.07) is 13.9. The van der Waals surface area contributed by atoms with E-state index < -0.39 is 10.9 Å². The summed E-state index contributed by atoms with van der Waals surface area (Å²) < 4.78 is 4.78. The molecule has 0 unspecified atom stereocenters. The SMILES string of the molecule is COC(=O)c1cc([N+](=O)[O-])ccc1N1CCC(C(=O)NCc2ccccc2)CC1. The van der Waals surface area contributed by atoms with E-state index in [2.05, 4.69) is 5.32 Å². The number of nitro benzene ring substituents is 1. The zero-order valence-corrected chi connectivity index (χ0v) is 16.2. The zero-order chi connectivity index (χ0) is 20.8. The minimum atomic E-state index is -0.619. The lowest BCUT2D eigenvalue weighted by atomic mass is 9.94. The molecular formula is C21H23N3O5. The van der Waals surface area contributed by atoms with Gasteiger partial charge < -0.3 is 15.0 Å². The summed E-state index contributed by atoms with van der Waals surface area (Å²) in [6.45, 7) is 1.64. The number of non-ortho nitro benzene ring substituents is 1. The van der Waals surface area contributed by atoms with Crippen LogP contribution in [0.25, 0.3) is 0 Å². The maximum Gasteiger partial charge on any atom is 0.340 e. The summed E-state index contributed by atoms with van der Waals surface area (Å²) in [7, 11) is 1.24. The molecule has 1 saturated heterocycles. The lowest BCUT2D eigenvalue weighted by molar-refractivity contribution is -0.384. The summed E-state index contributed by atoms with van der Waals surface area (Å²) in [6.07, 6.45) is 1.27. The third kappa shape index (κ3) is 4.90. The molecule has 1 N–H and O–H groups in total. The highest BCUT2D eigenvalue weighted by molar-refractivity contribution is 5.96. The van der Waals surface area contributed by atoms with Gasteiger partial charge in [-0.05, 0) is 24.5 Å². The number of rotatable bonds is 6. The molecule has 8 nitrogen and oxygen atoms in total. The van der Waals surface area contributed by atoms with Crippen molar-refractivity contribution in [3.8, 4) is 0 Å². The Bertz CT molecular complexity index is 892. The largest absolute Gasteiger partial charge is 0.465 e. The van der Waals surface area contributed by atoms with Gasteiger partial charge in [0.05, 0.1) is 23.3 Å². The number of hydrogen-bond acceptors (Lipinski definition) is 6. The Labute approximate surface area is 168 Å². The topological polar surface area (TPSA) is 102 Å². The average molecular weight is 397 g/mol. The van der Waals surface area contributed by atoms with Crippen molar-refractivity contribution < 1.29 is 19.2 Å². The fourth-order valence-electron chi connectivity index (χ4n) is 3.50. The Morgan fingerprint density at radius 2 is 1.86 bits per heavy atom. The van der Waals surface area contributed by atoms with Crippen LogP contribution in [0.3, 0.4) is 0 Å². The zero-order valence-electron chi connectivity index (χ0n) is 16.2. The average Bonchev–Trinajstić information content (AvgIpc) is 2.77. The molecular weight excluding hydrogens is 374 g/mol. The van der Waals surface area contributed by atoms with Crippen LogP contribution in [-0.2, 0) is 16.1 Å². The monoisotopic (exact) mass is 397 g/mol. The van der Waals surface area contributed by atoms with Crippen LogP contribution < -0.4 is 10.2 Å². The van der Waals surface area contributed by atoms with Gasteiger partial charge in [-0.1, -0.05) is 30.3 Å². The summed E-state index contributed by atoms with van der Waals surface area (Å²) in [5, 5.41) is 14.0. The normalized spacial score (nSPS) is 14.3. The van der Waals surface area contributed by atoms with Crippen molar-refractivity contribution in [3.05, 3.63) is 69.8 Å². The minimum absolute atomic E-state index is 0.0189. The Morgan fingerprint density at radius 3 is 2.48 bits per heavy atom. The Hall–Kier alpha value is -3.42. The summed E-state index contributed by atoms with van der Waals surface area (Å²) >= 11 is 0. The van der Waals surface area contributed by atoms with Crippen molar-refractivity contribution in [2.45, 2.75) is 19.4 Å². The molecule has 0 aliphatic carbocycles. The molecule has 1 heterocycles. The number of carbonyl (C=O) groups is 2. The second-order valence-electron chi connectivity index (χ2n) is 6.91. The molecule has 3 rings (SSSR count). The van der Waals surface area contributed by atoms with Crippen LogP contribution in [0, 0.1) is 16.0 Å². The first-order valence-corrected chi connectivity index (χ1v) is 9.43. The fraction of sp³-hybridized carbons (Fsp3) is 0.333. The second-order valence-corrected chi connectivity index (χ2v) is 6.91. The van der Waals surface area contributed by atoms with Crippen LogP contribution in [0.2, 0.25) is 0 Å². The van der Waals surface area contributed by atoms with Gasteiger partial charge in [0, 0.05) is 37.7 Å². The molecule has 0 bridgehead atoms. The van der Waals surface area contributed by atoms with E-state index in [9.17, 15) is 19.7 Å². The van der Waals surface area contributed by atoms with Crippen molar-refractivity contribution >= 4 is 23.3 Å². The first-order valence-electron chi connectivity index (χ1n) is 9.43. The molecule has 0 atom stereocenters. The van der Waals surface area contributed by atoms with E-state index in [1.807, 2.05) is 35.2 Å². The van der Waals surface area contributed by atoms with Gasteiger partial charge in [0.25, 0.3) is 5.69 Å². The number of anilines is 1. The number of nitrogens with zero attached hydrogens (tertiary/aromatic N) is 2. The van der Waals surface area contributed by atoms with Gasteiger partial charge in [-0.2, -0.15) is 0 Å². The van der Waals surface area contributed by atoms with Crippen LogP contribution in [-0.4, -0.2) is 37.0 Å². The number of nitro groups is 1. The third-order valence-corrected chi connectivity index (χ3v) is 5.11. The van der Waals surface area contributed by atoms with E-state index >= 15 is 0 Å². The molecule has 1 aliphatic heterocycles. The number of ether oxygens (including phenoxy) is 1. The molecule has 29 heavy (non-hydrogen) atoms. The maximum absolute atomic E-state index is 12.5. The second kappa shape index (κ2) is 9.18. The van der Waals surface area contributed by atoms with Gasteiger partial charge in [-0.3, -0.25) is 14.9 Å². The maximum atomic E-state index is 12.5. The van der Waals surface area contributed by atoms with Crippen molar-refractivity contribution in [1.29, 1.82) is 0 Å². The first-order chi connectivity index (χ1) is 14.0. The van der Waals surface area contributed by atoms with E-state index in [4.69, 9.17) is 4.74 Å². The van der Waals surface area contributed by atoms with Crippen LogP contribution in [0.15, 0.2) is 48.5 Å². The Morgan fingerprint density at radius 1 is 1.17 bits per heavy atom. The van der Waals surface area contributed by atoms with E-state index in [-0.39, 0.29) is 23.1 Å². The smallest absolute Gasteiger partial charge is 0.340 e. The van der Waals surface area contributed by atoms with Crippen LogP contribution in [0.4, 0.5) is 11.4 Å². The number of esters is 1. The van der Waals surface area contributed by atoms with Gasteiger partial charge >= 0.3 is 5.97 Å². The highest BCUT2D eigenvalue weighted by Crippen LogP contribution is 2.30. The van der Waals surface area contributed by atoms with Crippen molar-refractivity contribution in [2.75, 3.05) is 25.1 Å². The van der Waals surface area contributed by atoms with Gasteiger partial charge in [0.1, 0.15) is 0 Å². The quantitative estimate of drug-likeness (QED) is 0.457. The lowest BCUT2D eigenvalue weighted by Crippen LogP contribution is -2.40. The predicted molar refractivity (Wildman–Crippen MR) is 108 cm³/mol. The number of methoxy groups -OCH3 is 1. The van der Waals surface area contributed by atoms with E-state index in [0.717, 1.165) is 5.56 Å². The molecule has 0 aromatic heterocycles. The molecule has 152 valence electrons. The molecule has 0 spiro atoms. The van der Waals surface area contributed by atoms with Crippen LogP contribution in [0.5, 0.6) is 0 Å². The van der Waals surface area contributed by atoms with Crippen molar-refractivity contribution in [1.82, 2.24) is 5.32 Å². The highest BCUT2D eigenvalue weighted by Gasteiger charge is 2.28. The number of carbonyl (C=O) groups excluding carboxylic acids is 2. The Balaban J connectivity index is 1.63. The standard InChI is InChI=1S/C21H23N3O5/c1-29-21(26)18-13-17(24(27)28)7-8-19(18)23-11-9-16(10-12-23)20(25)22-14-15-5-3-2-4-6-15/h2-8,13,16H,9-12,14H2,1H3,(H,22,25). The van der Waals surface area contributed by atoms with Crippen molar-refractivity contribution in [3.63, 3.8) is 0 Å². The summed E-state index contributed by atoms with van der Waals surface area (Å²) in [4.78, 5) is 37.0. The molecule has 0 saturated carbocycles. The molecule has 1 fully saturated rings. The summed E-state index contributed by atoms with van der Waals surface area (Å²) in [5.41, 5.74) is 1.63. The lowest BCUT2D eigenvalue weighted by Gasteiger charge is -2.33. The Kier molecular flexibility index (Phi) is 6.43. The van der Waals surface area contributed by atoms with Gasteiger partial charge in [-0.15, -0.1) is 0 Å². The third-order valence-electron chi connectivity index (χ3n) is 5.11. The molecule has 8 heteroatoms. The molecule has 1 aliphatic rings. The number of nitrogens with one attached hydrogen (secondary N) is 1. The first kappa shape index (κ1) is 20.3. The highest BCUT2D eigenvalue weighted by atomic mass is 16.6.